The van der Waals surface area contributed by atoms with Gasteiger partial charge in [0.15, 0.2) is 10.6 Å². The fourth-order valence-corrected chi connectivity index (χ4v) is 6.52. The maximum atomic E-state index is 14.1. The molecule has 2 aromatic carbocycles. The molecule has 2 amide bonds. The molecule has 11 heteroatoms. The molecule has 4 rings (SSSR count). The summed E-state index contributed by atoms with van der Waals surface area (Å²) in [6.07, 6.45) is 4.64. The number of anilines is 1. The molecule has 1 unspecified atom stereocenters. The fraction of sp³-hybridized carbons (Fsp3) is 0.344. The standard InChI is InChI=1S/C32H37N3O7S/c1-19(2)27(31(38)41-6)35-43(39,40)32(17-15-23(16-18-32)22-11-8-7-9-12-22)34-30(37)28-21(5)26-24(33-29(36)20(3)4)13-10-14-25(26)42-28/h7-17,19-20,27,35H,18H2,1-6H3,(H,33,36)(H,34,37)/t27-,32?/m0/s1. The Morgan fingerprint density at radius 3 is 2.28 bits per heavy atom. The highest BCUT2D eigenvalue weighted by atomic mass is 32.2. The van der Waals surface area contributed by atoms with Crippen LogP contribution in [0.15, 0.2) is 71.2 Å². The van der Waals surface area contributed by atoms with Gasteiger partial charge in [-0.25, -0.2) is 8.42 Å². The Morgan fingerprint density at radius 1 is 1.00 bits per heavy atom. The maximum Gasteiger partial charge on any atom is 0.324 e. The smallest absolute Gasteiger partial charge is 0.324 e. The van der Waals surface area contributed by atoms with E-state index in [2.05, 4.69) is 15.4 Å². The van der Waals surface area contributed by atoms with E-state index in [-0.39, 0.29) is 24.0 Å². The van der Waals surface area contributed by atoms with Crippen molar-refractivity contribution in [1.29, 1.82) is 0 Å². The number of carbonyl (C=O) groups is 3. The van der Waals surface area contributed by atoms with Crippen LogP contribution in [-0.4, -0.2) is 44.2 Å². The number of ether oxygens (including phenoxy) is 1. The van der Waals surface area contributed by atoms with Gasteiger partial charge in [0.2, 0.25) is 15.9 Å². The zero-order chi connectivity index (χ0) is 31.5. The molecule has 2 atom stereocenters. The summed E-state index contributed by atoms with van der Waals surface area (Å²) in [5.74, 6) is -2.53. The normalized spacial score (nSPS) is 17.5. The van der Waals surface area contributed by atoms with Gasteiger partial charge in [-0.2, -0.15) is 4.72 Å². The number of hydrogen-bond acceptors (Lipinski definition) is 7. The summed E-state index contributed by atoms with van der Waals surface area (Å²) >= 11 is 0. The van der Waals surface area contributed by atoms with Gasteiger partial charge in [-0.1, -0.05) is 76.2 Å². The highest BCUT2D eigenvalue weighted by molar-refractivity contribution is 7.91. The first-order valence-corrected chi connectivity index (χ1v) is 15.5. The summed E-state index contributed by atoms with van der Waals surface area (Å²) in [5.41, 5.74) is 2.92. The van der Waals surface area contributed by atoms with E-state index in [0.29, 0.717) is 22.2 Å². The van der Waals surface area contributed by atoms with Gasteiger partial charge in [-0.3, -0.25) is 14.4 Å². The SMILES string of the molecule is COC(=O)[C@@H](NS(=O)(=O)C1(NC(=O)c2oc3cccc(NC(=O)C(C)C)c3c2C)C=CC(c2ccccc2)=CC1)C(C)C. The van der Waals surface area contributed by atoms with Crippen molar-refractivity contribution < 1.29 is 32.0 Å². The van der Waals surface area contributed by atoms with Crippen molar-refractivity contribution >= 4 is 50.0 Å². The first kappa shape index (κ1) is 31.7. The summed E-state index contributed by atoms with van der Waals surface area (Å²) in [6.45, 7) is 8.58. The number of rotatable bonds is 10. The monoisotopic (exact) mass is 607 g/mol. The molecule has 1 aliphatic rings. The summed E-state index contributed by atoms with van der Waals surface area (Å²) in [4.78, 5) is 36.8. The molecule has 0 fully saturated rings. The van der Waals surface area contributed by atoms with Crippen LogP contribution in [0, 0.1) is 18.8 Å². The van der Waals surface area contributed by atoms with Crippen molar-refractivity contribution in [2.24, 2.45) is 11.8 Å². The molecule has 228 valence electrons. The van der Waals surface area contributed by atoms with Gasteiger partial charge in [-0.05, 0) is 42.2 Å². The van der Waals surface area contributed by atoms with E-state index in [1.807, 2.05) is 30.3 Å². The van der Waals surface area contributed by atoms with Crippen LogP contribution in [0.25, 0.3) is 16.5 Å². The highest BCUT2D eigenvalue weighted by Crippen LogP contribution is 2.35. The first-order valence-electron chi connectivity index (χ1n) is 14.0. The molecule has 10 nitrogen and oxygen atoms in total. The lowest BCUT2D eigenvalue weighted by Crippen LogP contribution is -2.60. The Balaban J connectivity index is 1.75. The predicted molar refractivity (Wildman–Crippen MR) is 165 cm³/mol. The number of fused-ring (bicyclic) bond motifs is 1. The van der Waals surface area contributed by atoms with Gasteiger partial charge in [0.1, 0.15) is 11.6 Å². The molecular formula is C32H37N3O7S. The van der Waals surface area contributed by atoms with Crippen LogP contribution in [-0.2, 0) is 24.3 Å². The Labute approximate surface area is 251 Å². The number of benzene rings is 2. The molecule has 3 aromatic rings. The van der Waals surface area contributed by atoms with E-state index in [1.165, 1.54) is 13.2 Å². The lowest BCUT2D eigenvalue weighted by Gasteiger charge is -2.34. The number of sulfonamides is 1. The molecule has 0 saturated carbocycles. The van der Waals surface area contributed by atoms with Gasteiger partial charge in [-0.15, -0.1) is 0 Å². The predicted octanol–water partition coefficient (Wildman–Crippen LogP) is 4.92. The van der Waals surface area contributed by atoms with E-state index >= 15 is 0 Å². The largest absolute Gasteiger partial charge is 0.468 e. The minimum atomic E-state index is -4.44. The number of furan rings is 1. The molecular weight excluding hydrogens is 570 g/mol. The molecule has 3 N–H and O–H groups in total. The minimum absolute atomic E-state index is 0.101. The van der Waals surface area contributed by atoms with E-state index in [0.717, 1.165) is 11.1 Å². The highest BCUT2D eigenvalue weighted by Gasteiger charge is 2.47. The average molecular weight is 608 g/mol. The molecule has 1 aliphatic carbocycles. The number of esters is 1. The number of allylic oxidation sites excluding steroid dienone is 2. The van der Waals surface area contributed by atoms with Gasteiger partial charge >= 0.3 is 5.97 Å². The van der Waals surface area contributed by atoms with E-state index in [4.69, 9.17) is 9.15 Å². The number of carbonyl (C=O) groups excluding carboxylic acids is 3. The second kappa shape index (κ2) is 12.6. The van der Waals surface area contributed by atoms with Crippen LogP contribution < -0.4 is 15.4 Å². The summed E-state index contributed by atoms with van der Waals surface area (Å²) in [7, 11) is -3.26. The van der Waals surface area contributed by atoms with Gasteiger partial charge in [0.25, 0.3) is 5.91 Å². The average Bonchev–Trinajstić information content (AvgIpc) is 3.33. The molecule has 43 heavy (non-hydrogen) atoms. The Bertz CT molecular complexity index is 1710. The number of nitrogens with one attached hydrogen (secondary N) is 3. The molecule has 0 bridgehead atoms. The Hall–Kier alpha value is -4.22. The fourth-order valence-electron chi connectivity index (χ4n) is 4.83. The molecule has 0 radical (unpaired) electrons. The van der Waals surface area contributed by atoms with E-state index in [1.54, 1.807) is 65.0 Å². The zero-order valence-electron chi connectivity index (χ0n) is 25.1. The van der Waals surface area contributed by atoms with Crippen molar-refractivity contribution in [2.75, 3.05) is 12.4 Å². The van der Waals surface area contributed by atoms with Gasteiger partial charge < -0.3 is 19.8 Å². The zero-order valence-corrected chi connectivity index (χ0v) is 25.9. The molecule has 0 spiro atoms. The van der Waals surface area contributed by atoms with Crippen LogP contribution in [0.5, 0.6) is 0 Å². The van der Waals surface area contributed by atoms with Crippen LogP contribution >= 0.6 is 0 Å². The van der Waals surface area contributed by atoms with Gasteiger partial charge in [0, 0.05) is 23.3 Å². The third-order valence-electron chi connectivity index (χ3n) is 7.42. The molecule has 1 aromatic heterocycles. The van der Waals surface area contributed by atoms with Crippen molar-refractivity contribution in [3.8, 4) is 0 Å². The third-order valence-corrected chi connectivity index (χ3v) is 9.34. The first-order chi connectivity index (χ1) is 20.3. The third kappa shape index (κ3) is 6.42. The van der Waals surface area contributed by atoms with Crippen molar-refractivity contribution in [3.05, 3.63) is 83.6 Å². The summed E-state index contributed by atoms with van der Waals surface area (Å²) in [6, 6.07) is 13.3. The topological polar surface area (TPSA) is 144 Å². The van der Waals surface area contributed by atoms with E-state index < -0.39 is 38.7 Å². The number of amides is 2. The van der Waals surface area contributed by atoms with E-state index in [9.17, 15) is 22.8 Å². The van der Waals surface area contributed by atoms with Gasteiger partial charge in [0.05, 0.1) is 12.8 Å². The second-order valence-electron chi connectivity index (χ2n) is 11.2. The Morgan fingerprint density at radius 2 is 1.70 bits per heavy atom. The van der Waals surface area contributed by atoms with Crippen LogP contribution in [0.1, 0.15) is 55.8 Å². The maximum absolute atomic E-state index is 14.1. The van der Waals surface area contributed by atoms with Crippen LogP contribution in [0.4, 0.5) is 5.69 Å². The number of hydrogen-bond donors (Lipinski definition) is 3. The lowest BCUT2D eigenvalue weighted by atomic mass is 9.96. The Kier molecular flexibility index (Phi) is 9.26. The molecule has 1 heterocycles. The summed E-state index contributed by atoms with van der Waals surface area (Å²) in [5, 5.41) is 6.08. The lowest BCUT2D eigenvalue weighted by molar-refractivity contribution is -0.143. The van der Waals surface area contributed by atoms with Crippen molar-refractivity contribution in [3.63, 3.8) is 0 Å². The second-order valence-corrected chi connectivity index (χ2v) is 13.1. The van der Waals surface area contributed by atoms with Crippen molar-refractivity contribution in [2.45, 2.75) is 52.0 Å². The quantitative estimate of drug-likeness (QED) is 0.278. The van der Waals surface area contributed by atoms with Crippen LogP contribution in [0.3, 0.4) is 0 Å². The summed E-state index contributed by atoms with van der Waals surface area (Å²) < 4.78 is 41.3. The molecule has 0 aliphatic heterocycles. The van der Waals surface area contributed by atoms with Crippen LogP contribution in [0.2, 0.25) is 0 Å². The van der Waals surface area contributed by atoms with Crippen molar-refractivity contribution in [1.82, 2.24) is 10.0 Å². The molecule has 0 saturated heterocycles. The number of methoxy groups -OCH3 is 1. The number of aryl methyl sites for hydroxylation is 1. The minimum Gasteiger partial charge on any atom is -0.468 e.